The molecule has 0 saturated carbocycles. The Bertz CT molecular complexity index is 431. The number of aryl methyl sites for hydroxylation is 2. The van der Waals surface area contributed by atoms with E-state index in [4.69, 9.17) is 4.52 Å². The van der Waals surface area contributed by atoms with Gasteiger partial charge in [-0.05, 0) is 40.5 Å². The first-order valence-corrected chi connectivity index (χ1v) is 7.87. The van der Waals surface area contributed by atoms with E-state index in [9.17, 15) is 0 Å². The van der Waals surface area contributed by atoms with Gasteiger partial charge in [-0.15, -0.1) is 0 Å². The van der Waals surface area contributed by atoms with Gasteiger partial charge in [-0.1, -0.05) is 19.0 Å². The quantitative estimate of drug-likeness (QED) is 0.919. The minimum atomic E-state index is 0.250. The monoisotopic (exact) mass is 279 g/mol. The lowest BCUT2D eigenvalue weighted by Gasteiger charge is -2.49. The van der Waals surface area contributed by atoms with Gasteiger partial charge in [0.2, 0.25) is 0 Å². The van der Waals surface area contributed by atoms with Crippen molar-refractivity contribution >= 4 is 0 Å². The van der Waals surface area contributed by atoms with Crippen molar-refractivity contribution in [1.82, 2.24) is 15.4 Å². The zero-order valence-corrected chi connectivity index (χ0v) is 13.8. The maximum absolute atomic E-state index is 5.35. The Labute approximate surface area is 122 Å². The van der Waals surface area contributed by atoms with Crippen LogP contribution in [0.1, 0.15) is 63.6 Å². The molecule has 1 N–H and O–H groups in total. The lowest BCUT2D eigenvalue weighted by atomic mass is 9.87. The third-order valence-corrected chi connectivity index (χ3v) is 5.18. The molecule has 2 atom stereocenters. The minimum absolute atomic E-state index is 0.250. The van der Waals surface area contributed by atoms with Gasteiger partial charge in [-0.3, -0.25) is 4.90 Å². The SMILES string of the molecule is CCC1(CC)CN(C(C)c2c(C)noc2C)C(C)CN1. The largest absolute Gasteiger partial charge is 0.361 e. The van der Waals surface area contributed by atoms with E-state index in [0.29, 0.717) is 12.1 Å². The smallest absolute Gasteiger partial charge is 0.138 e. The van der Waals surface area contributed by atoms with E-state index in [2.05, 4.69) is 43.1 Å². The molecular formula is C16H29N3O. The van der Waals surface area contributed by atoms with Crippen LogP contribution in [0.2, 0.25) is 0 Å². The molecule has 2 heterocycles. The topological polar surface area (TPSA) is 41.3 Å². The van der Waals surface area contributed by atoms with Crippen LogP contribution in [0.15, 0.2) is 4.52 Å². The Morgan fingerprint density at radius 2 is 2.05 bits per heavy atom. The van der Waals surface area contributed by atoms with Crippen molar-refractivity contribution in [2.75, 3.05) is 13.1 Å². The van der Waals surface area contributed by atoms with Gasteiger partial charge in [0.1, 0.15) is 5.76 Å². The van der Waals surface area contributed by atoms with Crippen molar-refractivity contribution in [3.63, 3.8) is 0 Å². The Hall–Kier alpha value is -0.870. The molecule has 4 nitrogen and oxygen atoms in total. The number of nitrogens with zero attached hydrogens (tertiary/aromatic N) is 2. The van der Waals surface area contributed by atoms with E-state index in [1.807, 2.05) is 13.8 Å². The number of hydrogen-bond donors (Lipinski definition) is 1. The summed E-state index contributed by atoms with van der Waals surface area (Å²) in [6, 6.07) is 0.890. The summed E-state index contributed by atoms with van der Waals surface area (Å²) in [6.07, 6.45) is 2.34. The van der Waals surface area contributed by atoms with Crippen LogP contribution in [0.3, 0.4) is 0 Å². The first-order chi connectivity index (χ1) is 9.44. The lowest BCUT2D eigenvalue weighted by molar-refractivity contribution is 0.0490. The highest BCUT2D eigenvalue weighted by atomic mass is 16.5. The summed E-state index contributed by atoms with van der Waals surface area (Å²) in [6.45, 7) is 15.4. The van der Waals surface area contributed by atoms with Crippen LogP contribution in [0.5, 0.6) is 0 Å². The summed E-state index contributed by atoms with van der Waals surface area (Å²) in [7, 11) is 0. The summed E-state index contributed by atoms with van der Waals surface area (Å²) >= 11 is 0. The number of nitrogens with one attached hydrogen (secondary N) is 1. The molecule has 4 heteroatoms. The minimum Gasteiger partial charge on any atom is -0.361 e. The normalized spacial score (nSPS) is 24.8. The Morgan fingerprint density at radius 1 is 1.40 bits per heavy atom. The maximum atomic E-state index is 5.35. The Kier molecular flexibility index (Phi) is 4.55. The third-order valence-electron chi connectivity index (χ3n) is 5.18. The van der Waals surface area contributed by atoms with Crippen molar-refractivity contribution in [1.29, 1.82) is 0 Å². The third kappa shape index (κ3) is 2.63. The average molecular weight is 279 g/mol. The van der Waals surface area contributed by atoms with Gasteiger partial charge in [-0.25, -0.2) is 0 Å². The molecule has 1 fully saturated rings. The van der Waals surface area contributed by atoms with Crippen molar-refractivity contribution in [2.24, 2.45) is 0 Å². The number of hydrogen-bond acceptors (Lipinski definition) is 4. The molecule has 2 unspecified atom stereocenters. The van der Waals surface area contributed by atoms with Gasteiger partial charge >= 0.3 is 0 Å². The molecule has 1 aliphatic heterocycles. The number of aromatic nitrogens is 1. The molecule has 0 aliphatic carbocycles. The highest BCUT2D eigenvalue weighted by molar-refractivity contribution is 5.25. The zero-order chi connectivity index (χ0) is 14.9. The fourth-order valence-electron chi connectivity index (χ4n) is 3.54. The Balaban J connectivity index is 2.25. The van der Waals surface area contributed by atoms with Crippen LogP contribution < -0.4 is 5.32 Å². The van der Waals surface area contributed by atoms with Crippen LogP contribution in [0.4, 0.5) is 0 Å². The van der Waals surface area contributed by atoms with Crippen molar-refractivity contribution < 1.29 is 4.52 Å². The fourth-order valence-corrected chi connectivity index (χ4v) is 3.54. The highest BCUT2D eigenvalue weighted by Gasteiger charge is 2.38. The first-order valence-electron chi connectivity index (χ1n) is 7.87. The van der Waals surface area contributed by atoms with Gasteiger partial charge in [0.25, 0.3) is 0 Å². The van der Waals surface area contributed by atoms with E-state index in [1.54, 1.807) is 0 Å². The molecule has 0 aromatic carbocycles. The number of piperazine rings is 1. The molecular weight excluding hydrogens is 250 g/mol. The summed E-state index contributed by atoms with van der Waals surface area (Å²) in [4.78, 5) is 2.61. The second-order valence-corrected chi connectivity index (χ2v) is 6.30. The molecule has 1 aromatic rings. The molecule has 1 saturated heterocycles. The summed E-state index contributed by atoms with van der Waals surface area (Å²) < 4.78 is 5.35. The van der Waals surface area contributed by atoms with Gasteiger partial charge in [-0.2, -0.15) is 0 Å². The van der Waals surface area contributed by atoms with Crippen molar-refractivity contribution in [2.45, 2.75) is 72.0 Å². The van der Waals surface area contributed by atoms with E-state index >= 15 is 0 Å². The molecule has 0 bridgehead atoms. The number of rotatable bonds is 4. The first kappa shape index (κ1) is 15.5. The molecule has 0 radical (unpaired) electrons. The second kappa shape index (κ2) is 5.86. The van der Waals surface area contributed by atoms with Crippen molar-refractivity contribution in [3.05, 3.63) is 17.0 Å². The molecule has 0 amide bonds. The molecule has 1 aliphatic rings. The van der Waals surface area contributed by atoms with Crippen molar-refractivity contribution in [3.8, 4) is 0 Å². The second-order valence-electron chi connectivity index (χ2n) is 6.30. The molecule has 1 aromatic heterocycles. The van der Waals surface area contributed by atoms with E-state index in [-0.39, 0.29) is 5.54 Å². The maximum Gasteiger partial charge on any atom is 0.138 e. The predicted molar refractivity (Wildman–Crippen MR) is 81.9 cm³/mol. The van der Waals surface area contributed by atoms with E-state index in [1.165, 1.54) is 18.4 Å². The highest BCUT2D eigenvalue weighted by Crippen LogP contribution is 2.32. The summed E-state index contributed by atoms with van der Waals surface area (Å²) in [5.74, 6) is 0.958. The van der Waals surface area contributed by atoms with Crippen LogP contribution in [0, 0.1) is 13.8 Å². The van der Waals surface area contributed by atoms with Gasteiger partial charge in [0, 0.05) is 36.3 Å². The van der Waals surface area contributed by atoms with Gasteiger partial charge in [0.15, 0.2) is 0 Å². The van der Waals surface area contributed by atoms with Gasteiger partial charge in [0.05, 0.1) is 5.69 Å². The van der Waals surface area contributed by atoms with E-state index < -0.39 is 0 Å². The zero-order valence-electron chi connectivity index (χ0n) is 13.8. The molecule has 20 heavy (non-hydrogen) atoms. The van der Waals surface area contributed by atoms with Crippen LogP contribution in [0.25, 0.3) is 0 Å². The van der Waals surface area contributed by atoms with Crippen LogP contribution >= 0.6 is 0 Å². The molecule has 0 spiro atoms. The summed E-state index contributed by atoms with van der Waals surface area (Å²) in [5.41, 5.74) is 2.54. The molecule has 114 valence electrons. The average Bonchev–Trinajstić information content (AvgIpc) is 2.78. The lowest BCUT2D eigenvalue weighted by Crippen LogP contribution is -2.63. The van der Waals surface area contributed by atoms with Crippen LogP contribution in [-0.2, 0) is 0 Å². The summed E-state index contributed by atoms with van der Waals surface area (Å²) in [5, 5.41) is 7.88. The van der Waals surface area contributed by atoms with E-state index in [0.717, 1.165) is 24.5 Å². The standard InChI is InChI=1S/C16H29N3O/c1-7-16(8-2)10-19(11(3)9-17-16)13(5)15-12(4)18-20-14(15)6/h11,13,17H,7-10H2,1-6H3. The predicted octanol–water partition coefficient (Wildman–Crippen LogP) is 3.20. The van der Waals surface area contributed by atoms with Gasteiger partial charge < -0.3 is 9.84 Å². The Morgan fingerprint density at radius 3 is 2.55 bits per heavy atom. The molecule has 2 rings (SSSR count). The van der Waals surface area contributed by atoms with Crippen LogP contribution in [-0.4, -0.2) is 34.7 Å². The fraction of sp³-hybridized carbons (Fsp3) is 0.812.